The van der Waals surface area contributed by atoms with Crippen molar-refractivity contribution in [2.75, 3.05) is 6.61 Å². The van der Waals surface area contributed by atoms with E-state index in [1.54, 1.807) is 30.8 Å². The number of benzene rings is 1. The van der Waals surface area contributed by atoms with Crippen molar-refractivity contribution < 1.29 is 14.3 Å². The molecule has 2 heterocycles. The number of ether oxygens (including phenoxy) is 1. The van der Waals surface area contributed by atoms with Gasteiger partial charge in [0.2, 0.25) is 0 Å². The number of carbonyl (C=O) groups excluding carboxylic acids is 2. The number of fused-ring (bicyclic) bond motifs is 1. The highest BCUT2D eigenvalue weighted by Crippen LogP contribution is 2.46. The van der Waals surface area contributed by atoms with Crippen LogP contribution in [0.4, 0.5) is 0 Å². The van der Waals surface area contributed by atoms with Gasteiger partial charge in [0.15, 0.2) is 0 Å². The predicted octanol–water partition coefficient (Wildman–Crippen LogP) is 9.85. The van der Waals surface area contributed by atoms with Crippen LogP contribution in [0.1, 0.15) is 151 Å². The summed E-state index contributed by atoms with van der Waals surface area (Å²) in [6, 6.07) is 9.74. The maximum Gasteiger partial charge on any atom is 0.339 e. The molecule has 1 unspecified atom stereocenters. The molecule has 0 fully saturated rings. The molecule has 0 saturated carbocycles. The zero-order valence-electron chi connectivity index (χ0n) is 26.4. The molecule has 4 nitrogen and oxygen atoms in total. The number of rotatable bonds is 17. The Labute approximate surface area is 259 Å². The minimum Gasteiger partial charge on any atom is -0.462 e. The summed E-state index contributed by atoms with van der Waals surface area (Å²) in [5.41, 5.74) is 3.13. The van der Waals surface area contributed by atoms with Gasteiger partial charge < -0.3 is 4.74 Å². The molecule has 42 heavy (non-hydrogen) atoms. The molecule has 0 radical (unpaired) electrons. The molecule has 1 aliphatic rings. The molecule has 1 atom stereocenters. The molecule has 228 valence electrons. The fourth-order valence-electron chi connectivity index (χ4n) is 5.60. The predicted molar refractivity (Wildman–Crippen MR) is 175 cm³/mol. The molecular weight excluding hydrogens is 538 g/mol. The van der Waals surface area contributed by atoms with Crippen molar-refractivity contribution in [3.8, 4) is 11.8 Å². The summed E-state index contributed by atoms with van der Waals surface area (Å²) in [7, 11) is 0. The molecule has 1 aromatic heterocycles. The number of hydrogen-bond acceptors (Lipinski definition) is 5. The van der Waals surface area contributed by atoms with Crippen LogP contribution < -0.4 is 0 Å². The first-order chi connectivity index (χ1) is 20.3. The lowest BCUT2D eigenvalue weighted by molar-refractivity contribution is -0.119. The van der Waals surface area contributed by atoms with Gasteiger partial charge in [0.05, 0.1) is 17.4 Å². The average molecular weight is 590 g/mol. The Kier molecular flexibility index (Phi) is 14.7. The second-order valence-electron chi connectivity index (χ2n) is 12.3. The molecule has 5 heteroatoms. The monoisotopic (exact) mass is 589 g/mol. The van der Waals surface area contributed by atoms with Gasteiger partial charge in [-0.25, -0.2) is 9.78 Å². The quantitative estimate of drug-likeness (QED) is 0.104. The number of pyridine rings is 1. The van der Waals surface area contributed by atoms with Crippen LogP contribution in [-0.4, -0.2) is 28.6 Å². The summed E-state index contributed by atoms with van der Waals surface area (Å²) >= 11 is 1.73. The van der Waals surface area contributed by atoms with Crippen LogP contribution in [0.2, 0.25) is 0 Å². The zero-order valence-corrected chi connectivity index (χ0v) is 27.3. The number of Topliss-reactive ketones (excluding diaryl/α,β-unsaturated/α-hetero) is 1. The van der Waals surface area contributed by atoms with Gasteiger partial charge in [0.1, 0.15) is 11.5 Å². The van der Waals surface area contributed by atoms with Gasteiger partial charge in [-0.15, -0.1) is 11.8 Å². The first-order valence-electron chi connectivity index (χ1n) is 16.3. The van der Waals surface area contributed by atoms with Crippen LogP contribution in [0.5, 0.6) is 0 Å². The first-order valence-corrected chi connectivity index (χ1v) is 17.2. The van der Waals surface area contributed by atoms with E-state index in [2.05, 4.69) is 49.7 Å². The molecule has 0 bridgehead atoms. The highest BCUT2D eigenvalue weighted by atomic mass is 32.2. The van der Waals surface area contributed by atoms with E-state index in [-0.39, 0.29) is 16.6 Å². The summed E-state index contributed by atoms with van der Waals surface area (Å²) in [6.45, 7) is 8.87. The van der Waals surface area contributed by atoms with E-state index in [1.807, 2.05) is 6.07 Å². The Balaban J connectivity index is 1.41. The lowest BCUT2D eigenvalue weighted by atomic mass is 9.78. The van der Waals surface area contributed by atoms with Crippen LogP contribution in [0, 0.1) is 11.8 Å². The third-order valence-electron chi connectivity index (χ3n) is 8.17. The molecular formula is C37H51NO3S. The highest BCUT2D eigenvalue weighted by Gasteiger charge is 2.36. The Hall–Kier alpha value is -2.58. The third kappa shape index (κ3) is 11.3. The smallest absolute Gasteiger partial charge is 0.339 e. The highest BCUT2D eigenvalue weighted by molar-refractivity contribution is 8.00. The summed E-state index contributed by atoms with van der Waals surface area (Å²) in [5, 5.41) is 0.0314. The fraction of sp³-hybridized carbons (Fsp3) is 0.595. The molecule has 1 aromatic carbocycles. The van der Waals surface area contributed by atoms with E-state index < -0.39 is 0 Å². The maximum absolute atomic E-state index is 13.1. The SMILES string of the molecule is CCCCCCCCCCCCCCCC(=O)C1CC(C)(C)c2cc(C#Cc3ccc(C(=O)OCC)cn3)ccc2S1. The van der Waals surface area contributed by atoms with E-state index in [0.717, 1.165) is 18.4 Å². The molecule has 0 saturated heterocycles. The van der Waals surface area contributed by atoms with E-state index >= 15 is 0 Å². The molecule has 1 aliphatic heterocycles. The molecule has 0 N–H and O–H groups in total. The van der Waals surface area contributed by atoms with Gasteiger partial charge in [-0.05, 0) is 67.0 Å². The number of aromatic nitrogens is 1. The van der Waals surface area contributed by atoms with Gasteiger partial charge in [0.25, 0.3) is 0 Å². The van der Waals surface area contributed by atoms with Crippen molar-refractivity contribution in [3.05, 3.63) is 58.9 Å². The van der Waals surface area contributed by atoms with E-state index in [0.29, 0.717) is 30.1 Å². The second kappa shape index (κ2) is 18.2. The summed E-state index contributed by atoms with van der Waals surface area (Å²) in [6.07, 6.45) is 20.3. The number of unbranched alkanes of at least 4 members (excludes halogenated alkanes) is 12. The van der Waals surface area contributed by atoms with Crippen LogP contribution in [0.15, 0.2) is 41.4 Å². The number of carbonyl (C=O) groups is 2. The van der Waals surface area contributed by atoms with E-state index in [1.165, 1.54) is 93.7 Å². The molecule has 0 spiro atoms. The molecule has 3 rings (SSSR count). The van der Waals surface area contributed by atoms with Crippen LogP contribution in [0.25, 0.3) is 0 Å². The van der Waals surface area contributed by atoms with Crippen LogP contribution in [-0.2, 0) is 14.9 Å². The summed E-state index contributed by atoms with van der Waals surface area (Å²) in [4.78, 5) is 30.5. The minimum atomic E-state index is -0.375. The van der Waals surface area contributed by atoms with Gasteiger partial charge in [-0.3, -0.25) is 4.79 Å². The Morgan fingerprint density at radius 2 is 1.52 bits per heavy atom. The van der Waals surface area contributed by atoms with Crippen molar-refractivity contribution in [2.24, 2.45) is 0 Å². The largest absolute Gasteiger partial charge is 0.462 e. The number of esters is 1. The molecule has 2 aromatic rings. The molecule has 0 amide bonds. The fourth-order valence-corrected chi connectivity index (χ4v) is 7.27. The zero-order chi connectivity index (χ0) is 30.2. The first kappa shape index (κ1) is 33.9. The van der Waals surface area contributed by atoms with E-state index in [9.17, 15) is 9.59 Å². The molecule has 0 aliphatic carbocycles. The average Bonchev–Trinajstić information content (AvgIpc) is 2.98. The lowest BCUT2D eigenvalue weighted by Gasteiger charge is -2.36. The van der Waals surface area contributed by atoms with Crippen molar-refractivity contribution >= 4 is 23.5 Å². The number of nitrogens with zero attached hydrogens (tertiary/aromatic N) is 1. The normalized spacial score (nSPS) is 15.4. The Bertz CT molecular complexity index is 1190. The van der Waals surface area contributed by atoms with Crippen molar-refractivity contribution in [2.45, 2.75) is 140 Å². The van der Waals surface area contributed by atoms with Crippen molar-refractivity contribution in [3.63, 3.8) is 0 Å². The Morgan fingerprint density at radius 1 is 0.881 bits per heavy atom. The van der Waals surface area contributed by atoms with E-state index in [4.69, 9.17) is 4.74 Å². The minimum absolute atomic E-state index is 0.0314. The van der Waals surface area contributed by atoms with Gasteiger partial charge in [-0.1, -0.05) is 104 Å². The van der Waals surface area contributed by atoms with Gasteiger partial charge >= 0.3 is 5.97 Å². The summed E-state index contributed by atoms with van der Waals surface area (Å²) in [5.74, 6) is 6.35. The number of hydrogen-bond donors (Lipinski definition) is 0. The second-order valence-corrected chi connectivity index (χ2v) is 13.5. The lowest BCUT2D eigenvalue weighted by Crippen LogP contribution is -2.32. The number of thioether (sulfide) groups is 1. The van der Waals surface area contributed by atoms with Gasteiger partial charge in [0, 0.05) is 23.1 Å². The summed E-state index contributed by atoms with van der Waals surface area (Å²) < 4.78 is 5.01. The Morgan fingerprint density at radius 3 is 2.12 bits per heavy atom. The maximum atomic E-state index is 13.1. The van der Waals surface area contributed by atoms with Crippen molar-refractivity contribution in [1.29, 1.82) is 0 Å². The van der Waals surface area contributed by atoms with Crippen LogP contribution in [0.3, 0.4) is 0 Å². The van der Waals surface area contributed by atoms with Crippen LogP contribution >= 0.6 is 11.8 Å². The standard InChI is InChI=1S/C37H51NO3S/c1-5-7-8-9-10-11-12-13-14-15-16-17-18-19-33(39)35-27-37(3,4)32-26-29(21-25-34(32)42-35)20-23-31-24-22-30(28-38-31)36(40)41-6-2/h21-22,24-26,28,35H,5-19,27H2,1-4H3. The van der Waals surface area contributed by atoms with Crippen molar-refractivity contribution in [1.82, 2.24) is 4.98 Å². The number of ketones is 1. The van der Waals surface area contributed by atoms with Gasteiger partial charge in [-0.2, -0.15) is 0 Å². The third-order valence-corrected chi connectivity index (χ3v) is 9.49. The topological polar surface area (TPSA) is 56.3 Å².